The van der Waals surface area contributed by atoms with Crippen LogP contribution < -0.4 is 0 Å². The van der Waals surface area contributed by atoms with Crippen molar-refractivity contribution in [1.82, 2.24) is 4.98 Å². The van der Waals surface area contributed by atoms with Gasteiger partial charge in [0.1, 0.15) is 62.6 Å². The van der Waals surface area contributed by atoms with Gasteiger partial charge in [-0.05, 0) is 42.0 Å². The topological polar surface area (TPSA) is 235 Å². The summed E-state index contributed by atoms with van der Waals surface area (Å²) >= 11 is 7.72. The molecule has 1 aromatic rings. The van der Waals surface area contributed by atoms with Crippen molar-refractivity contribution in [3.63, 3.8) is 0 Å². The highest BCUT2D eigenvalue weighted by Gasteiger charge is 2.53. The lowest BCUT2D eigenvalue weighted by atomic mass is 9.95. The van der Waals surface area contributed by atoms with Gasteiger partial charge in [0.05, 0.1) is 19.1 Å². The second kappa shape index (κ2) is 20.4. The number of hydrogen-bond acceptors (Lipinski definition) is 20. The van der Waals surface area contributed by atoms with E-state index in [4.69, 9.17) is 35.9 Å². The van der Waals surface area contributed by atoms with Crippen LogP contribution in [0, 0.1) is 5.92 Å². The van der Waals surface area contributed by atoms with Gasteiger partial charge in [-0.1, -0.05) is 54.7 Å². The molecule has 0 aromatic carbocycles. The first kappa shape index (κ1) is 42.6. The van der Waals surface area contributed by atoms with E-state index in [0.717, 1.165) is 16.8 Å². The monoisotopic (exact) mass is 789 g/mol. The molecule has 0 bridgehead atoms. The maximum Gasteiger partial charge on any atom is 0.322 e. The molecule has 49 heavy (non-hydrogen) atoms. The van der Waals surface area contributed by atoms with Crippen LogP contribution in [0.3, 0.4) is 0 Å². The summed E-state index contributed by atoms with van der Waals surface area (Å²) in [5.74, 6) is -1.27. The van der Waals surface area contributed by atoms with E-state index < -0.39 is 97.2 Å². The van der Waals surface area contributed by atoms with Crippen LogP contribution in [0.25, 0.3) is 0 Å². The second-order valence-corrected chi connectivity index (χ2v) is 17.7. The van der Waals surface area contributed by atoms with Gasteiger partial charge in [-0.25, -0.2) is 4.98 Å². The van der Waals surface area contributed by atoms with Crippen molar-refractivity contribution in [1.29, 1.82) is 0 Å². The molecule has 0 saturated carbocycles. The van der Waals surface area contributed by atoms with Crippen molar-refractivity contribution in [2.75, 3.05) is 31.3 Å². The highest BCUT2D eigenvalue weighted by Crippen LogP contribution is 2.39. The molecule has 3 heterocycles. The lowest BCUT2D eigenvalue weighted by molar-refractivity contribution is -0.377. The van der Waals surface area contributed by atoms with E-state index in [9.17, 15) is 45.3 Å². The first-order valence-corrected chi connectivity index (χ1v) is 19.8. The van der Waals surface area contributed by atoms with Gasteiger partial charge in [-0.2, -0.15) is 0 Å². The van der Waals surface area contributed by atoms with Crippen LogP contribution in [-0.2, 0) is 33.3 Å². The normalized spacial score (nSPS) is 32.1. The molecule has 2 aliphatic rings. The molecule has 15 nitrogen and oxygen atoms in total. The van der Waals surface area contributed by atoms with E-state index in [-0.39, 0.29) is 13.0 Å². The molecule has 1 aromatic heterocycles. The quantitative estimate of drug-likeness (QED) is 0.0509. The average molecular weight is 790 g/mol. The summed E-state index contributed by atoms with van der Waals surface area (Å²) in [6.45, 7) is 3.51. The molecule has 7 N–H and O–H groups in total. The number of aliphatic hydroxyl groups excluding tert-OH is 7. The van der Waals surface area contributed by atoms with Crippen LogP contribution in [0.15, 0.2) is 29.4 Å². The molecule has 0 amide bonds. The van der Waals surface area contributed by atoms with Crippen molar-refractivity contribution in [2.45, 2.75) is 98.4 Å². The maximum atomic E-state index is 13.9. The number of nitrogens with zero attached hydrogens (tertiary/aromatic N) is 1. The Kier molecular flexibility index (Phi) is 17.8. The number of thioether (sulfide) groups is 2. The highest BCUT2D eigenvalue weighted by molar-refractivity contribution is 8.76. The summed E-state index contributed by atoms with van der Waals surface area (Å²) in [5.41, 5.74) is 0. The first-order chi connectivity index (χ1) is 23.3. The van der Waals surface area contributed by atoms with Crippen LogP contribution in [0.4, 0.5) is 0 Å². The van der Waals surface area contributed by atoms with Crippen LogP contribution >= 0.6 is 57.3 Å². The summed E-state index contributed by atoms with van der Waals surface area (Å²) in [7, 11) is 2.90. The molecule has 0 radical (unpaired) electrons. The smallest absolute Gasteiger partial charge is 0.322 e. The van der Waals surface area contributed by atoms with E-state index in [2.05, 4.69) is 4.98 Å². The third-order valence-electron chi connectivity index (χ3n) is 7.48. The molecule has 3 rings (SSSR count). The Hall–Kier alpha value is -0.820. The molecule has 2 unspecified atom stereocenters. The molecule has 0 aliphatic carbocycles. The van der Waals surface area contributed by atoms with E-state index in [1.54, 1.807) is 13.1 Å². The van der Waals surface area contributed by atoms with Crippen LogP contribution in [0.1, 0.15) is 27.2 Å². The fourth-order valence-electron chi connectivity index (χ4n) is 4.83. The summed E-state index contributed by atoms with van der Waals surface area (Å²) < 4.78 is 26.6. The Morgan fingerprint density at radius 1 is 1.00 bits per heavy atom. The maximum absolute atomic E-state index is 13.9. The molecular weight excluding hydrogens is 747 g/mol. The standard InChI is InChI=1S/C29H43NO14S5/c1-4-46-28(45)48-29(3,11-14(2)24(38)40-9-10-47-49-17-7-5-6-8-30-17)27(39)43-23-21(36)19(34)16(13-32)42-26(23)44-25-22(37)20(35)18(33)15(12-31)41-25/h5-8,14-16,18-23,25-26,31-37H,4,9-13H2,1-3H3/t14?,15-,16-,18-,19-,20+,21+,22-,23-,25-,26-,29?/m1/s1. The summed E-state index contributed by atoms with van der Waals surface area (Å²) in [4.78, 5) is 31.1. The molecule has 2 aliphatic heterocycles. The lowest BCUT2D eigenvalue weighted by Crippen LogP contribution is -2.64. The number of aromatic nitrogens is 1. The molecular formula is C29H43NO14S5. The van der Waals surface area contributed by atoms with E-state index in [1.807, 2.05) is 25.1 Å². The van der Waals surface area contributed by atoms with Crippen molar-refractivity contribution < 1.29 is 69.0 Å². The number of thiocarbonyl (C=S) groups is 1. The number of esters is 2. The fourth-order valence-corrected chi connectivity index (χ4v) is 9.65. The van der Waals surface area contributed by atoms with E-state index in [0.29, 0.717) is 15.0 Å². The molecule has 2 saturated heterocycles. The van der Waals surface area contributed by atoms with Gasteiger partial charge in [0.25, 0.3) is 0 Å². The number of aliphatic hydroxyl groups is 7. The van der Waals surface area contributed by atoms with Gasteiger partial charge in [0, 0.05) is 11.9 Å². The second-order valence-electron chi connectivity index (χ2n) is 11.3. The first-order valence-electron chi connectivity index (χ1n) is 15.3. The highest BCUT2D eigenvalue weighted by atomic mass is 33.1. The van der Waals surface area contributed by atoms with E-state index >= 15 is 0 Å². The molecule has 2 fully saturated rings. The van der Waals surface area contributed by atoms with Crippen molar-refractivity contribution >= 4 is 72.8 Å². The summed E-state index contributed by atoms with van der Waals surface area (Å²) in [5, 5.41) is 72.6. The number of pyridine rings is 1. The van der Waals surface area contributed by atoms with Gasteiger partial charge in [-0.15, -0.1) is 11.8 Å². The van der Waals surface area contributed by atoms with Crippen molar-refractivity contribution in [3.05, 3.63) is 24.4 Å². The van der Waals surface area contributed by atoms with Crippen LogP contribution in [0.5, 0.6) is 0 Å². The number of ether oxygens (including phenoxy) is 5. The minimum Gasteiger partial charge on any atom is -0.465 e. The number of carbonyl (C=O) groups excluding carboxylic acids is 2. The predicted molar refractivity (Wildman–Crippen MR) is 187 cm³/mol. The van der Waals surface area contributed by atoms with Crippen molar-refractivity contribution in [3.8, 4) is 0 Å². The van der Waals surface area contributed by atoms with Crippen molar-refractivity contribution in [2.24, 2.45) is 5.92 Å². The van der Waals surface area contributed by atoms with E-state index in [1.165, 1.54) is 40.3 Å². The van der Waals surface area contributed by atoms with Gasteiger partial charge < -0.3 is 59.4 Å². The average Bonchev–Trinajstić information content (AvgIpc) is 3.08. The molecule has 278 valence electrons. The number of rotatable bonds is 16. The van der Waals surface area contributed by atoms with Gasteiger partial charge in [0.15, 0.2) is 12.4 Å². The van der Waals surface area contributed by atoms with Crippen LogP contribution in [-0.4, -0.2) is 154 Å². The zero-order valence-electron chi connectivity index (χ0n) is 26.9. The molecule has 0 spiro atoms. The third kappa shape index (κ3) is 11.8. The molecule has 20 heteroatoms. The van der Waals surface area contributed by atoms with Crippen LogP contribution in [0.2, 0.25) is 0 Å². The lowest BCUT2D eigenvalue weighted by Gasteiger charge is -2.45. The SMILES string of the molecule is CCSC(=S)SC(C)(CC(C)C(=O)OCCSSc1ccccn1)C(=O)O[C@H]1[C@@H](O[C@H]2O[C@H](CO)[C@@H](O)[C@H](O)[C@H]2O)O[C@H](CO)[C@@H](O)[C@@H]1O. The third-order valence-corrected chi connectivity index (χ3v) is 12.4. The Labute approximate surface area is 305 Å². The predicted octanol–water partition coefficient (Wildman–Crippen LogP) is 0.0885. The largest absolute Gasteiger partial charge is 0.465 e. The molecule has 12 atom stereocenters. The summed E-state index contributed by atoms with van der Waals surface area (Å²) in [6.07, 6.45) is -15.6. The Morgan fingerprint density at radius 3 is 2.27 bits per heavy atom. The fraction of sp³-hybridized carbons (Fsp3) is 0.724. The van der Waals surface area contributed by atoms with Gasteiger partial charge >= 0.3 is 11.9 Å². The number of hydrogen-bond donors (Lipinski definition) is 7. The minimum absolute atomic E-state index is 0.110. The minimum atomic E-state index is -1.89. The summed E-state index contributed by atoms with van der Waals surface area (Å²) in [6, 6.07) is 5.54. The van der Waals surface area contributed by atoms with Gasteiger partial charge in [0.2, 0.25) is 6.29 Å². The Bertz CT molecular complexity index is 1210. The number of carbonyl (C=O) groups is 2. The zero-order chi connectivity index (χ0) is 36.3. The zero-order valence-corrected chi connectivity index (χ0v) is 31.0. The Balaban J connectivity index is 1.74. The van der Waals surface area contributed by atoms with Gasteiger partial charge in [-0.3, -0.25) is 9.59 Å². The Morgan fingerprint density at radius 2 is 1.65 bits per heavy atom.